The maximum atomic E-state index is 12.6. The Hall–Kier alpha value is -2.01. The number of rotatable bonds is 4. The fourth-order valence-corrected chi connectivity index (χ4v) is 6.93. The Morgan fingerprint density at radius 2 is 1.46 bits per heavy atom. The Labute approximate surface area is 251 Å². The van der Waals surface area contributed by atoms with Gasteiger partial charge in [0.1, 0.15) is 0 Å². The predicted molar refractivity (Wildman–Crippen MR) is 166 cm³/mol. The fourth-order valence-electron chi connectivity index (χ4n) is 6.14. The van der Waals surface area contributed by atoms with Crippen LogP contribution in [0.4, 0.5) is 0 Å². The van der Waals surface area contributed by atoms with E-state index in [1.807, 2.05) is 73.7 Å². The van der Waals surface area contributed by atoms with Crippen molar-refractivity contribution in [2.24, 2.45) is 23.5 Å². The molecule has 7 heteroatoms. The molecule has 0 bridgehead atoms. The third-order valence-electron chi connectivity index (χ3n) is 7.83. The minimum atomic E-state index is 0.0398. The van der Waals surface area contributed by atoms with E-state index in [1.54, 1.807) is 0 Å². The summed E-state index contributed by atoms with van der Waals surface area (Å²) in [6.45, 7) is 6.28. The van der Waals surface area contributed by atoms with Crippen molar-refractivity contribution in [3.63, 3.8) is 0 Å². The van der Waals surface area contributed by atoms with Crippen molar-refractivity contribution in [2.45, 2.75) is 51.1 Å². The standard InChI is InChI=1S/C22H22Cl3NO.C10H12ClN/c1-11-9-17-20(12(2)26-22(17)27)21(13-3-5-14(23)6-4-13)19(11)16-8-7-15(24)10-18(16)25;1-8(12)2-3-9-4-6-10(11)7-5-9/h3-8,10-12,17,19-21H,9H2,1-2H3,(H,26,27);2-8H,12H2,1H3/b;3-2-/t11-,12+,17+,19-,20+,21-;8-/m01/s1. The van der Waals surface area contributed by atoms with Crippen LogP contribution in [-0.2, 0) is 4.79 Å². The van der Waals surface area contributed by atoms with Crippen molar-refractivity contribution >= 4 is 58.4 Å². The van der Waals surface area contributed by atoms with Gasteiger partial charge in [0.2, 0.25) is 5.91 Å². The molecule has 1 aliphatic heterocycles. The zero-order valence-electron chi connectivity index (χ0n) is 22.3. The second kappa shape index (κ2) is 13.1. The van der Waals surface area contributed by atoms with Crippen LogP contribution >= 0.6 is 46.4 Å². The second-order valence-corrected chi connectivity index (χ2v) is 12.4. The van der Waals surface area contributed by atoms with Crippen molar-refractivity contribution in [1.82, 2.24) is 5.32 Å². The zero-order chi connectivity index (χ0) is 28.3. The number of nitrogens with one attached hydrogen (secondary N) is 1. The molecule has 3 nitrogen and oxygen atoms in total. The summed E-state index contributed by atoms with van der Waals surface area (Å²) in [6, 6.07) is 21.7. The number of fused-ring (bicyclic) bond motifs is 1. The van der Waals surface area contributed by atoms with E-state index in [-0.39, 0.29) is 41.7 Å². The molecule has 0 radical (unpaired) electrons. The molecule has 1 heterocycles. The van der Waals surface area contributed by atoms with E-state index < -0.39 is 0 Å². The molecule has 0 spiro atoms. The monoisotopic (exact) mass is 602 g/mol. The number of nitrogens with two attached hydrogens (primary N) is 1. The number of benzene rings is 3. The highest BCUT2D eigenvalue weighted by atomic mass is 35.5. The number of amides is 1. The van der Waals surface area contributed by atoms with E-state index in [2.05, 4.69) is 31.3 Å². The van der Waals surface area contributed by atoms with E-state index in [0.717, 1.165) is 22.6 Å². The van der Waals surface area contributed by atoms with Gasteiger partial charge in [0.15, 0.2) is 0 Å². The largest absolute Gasteiger partial charge is 0.353 e. The van der Waals surface area contributed by atoms with Crippen LogP contribution in [0.15, 0.2) is 72.8 Å². The first-order chi connectivity index (χ1) is 18.5. The highest BCUT2D eigenvalue weighted by Crippen LogP contribution is 2.56. The van der Waals surface area contributed by atoms with Crippen LogP contribution < -0.4 is 11.1 Å². The molecule has 2 fully saturated rings. The fraction of sp³-hybridized carbons (Fsp3) is 0.344. The predicted octanol–water partition coefficient (Wildman–Crippen LogP) is 9.01. The van der Waals surface area contributed by atoms with Gasteiger partial charge in [0.05, 0.1) is 0 Å². The second-order valence-electron chi connectivity index (χ2n) is 10.7. The molecule has 0 unspecified atom stereocenters. The molecule has 7 atom stereocenters. The average molecular weight is 604 g/mol. The molecule has 1 saturated carbocycles. The summed E-state index contributed by atoms with van der Waals surface area (Å²) < 4.78 is 0. The van der Waals surface area contributed by atoms with Crippen LogP contribution in [-0.4, -0.2) is 18.0 Å². The highest BCUT2D eigenvalue weighted by Gasteiger charge is 2.52. The van der Waals surface area contributed by atoms with Gasteiger partial charge in [0, 0.05) is 38.1 Å². The molecule has 206 valence electrons. The summed E-state index contributed by atoms with van der Waals surface area (Å²) in [7, 11) is 0. The van der Waals surface area contributed by atoms with E-state index in [4.69, 9.17) is 52.1 Å². The number of halogens is 4. The van der Waals surface area contributed by atoms with E-state index in [0.29, 0.717) is 21.0 Å². The minimum Gasteiger partial charge on any atom is -0.353 e. The van der Waals surface area contributed by atoms with Crippen LogP contribution in [0.3, 0.4) is 0 Å². The summed E-state index contributed by atoms with van der Waals surface area (Å²) in [6.07, 6.45) is 4.80. The first-order valence-corrected chi connectivity index (χ1v) is 14.8. The number of hydrogen-bond acceptors (Lipinski definition) is 2. The average Bonchev–Trinajstić information content (AvgIpc) is 3.17. The quantitative estimate of drug-likeness (QED) is 0.312. The van der Waals surface area contributed by atoms with Crippen molar-refractivity contribution in [1.29, 1.82) is 0 Å². The summed E-state index contributed by atoms with van der Waals surface area (Å²) >= 11 is 24.6. The Morgan fingerprint density at radius 3 is 2.05 bits per heavy atom. The van der Waals surface area contributed by atoms with E-state index in [9.17, 15) is 4.79 Å². The van der Waals surface area contributed by atoms with Gasteiger partial charge in [-0.15, -0.1) is 0 Å². The summed E-state index contributed by atoms with van der Waals surface area (Å²) in [5.41, 5.74) is 9.00. The summed E-state index contributed by atoms with van der Waals surface area (Å²) in [5.74, 6) is 1.17. The normalized spacial score (nSPS) is 26.9. The van der Waals surface area contributed by atoms with Crippen LogP contribution in [0.25, 0.3) is 6.08 Å². The first-order valence-electron chi connectivity index (χ1n) is 13.2. The maximum absolute atomic E-state index is 12.6. The highest BCUT2D eigenvalue weighted by molar-refractivity contribution is 6.35. The van der Waals surface area contributed by atoms with Gasteiger partial charge in [-0.25, -0.2) is 0 Å². The van der Waals surface area contributed by atoms with Gasteiger partial charge in [-0.2, -0.15) is 0 Å². The van der Waals surface area contributed by atoms with Crippen LogP contribution in [0.5, 0.6) is 0 Å². The Morgan fingerprint density at radius 1 is 0.872 bits per heavy atom. The lowest BCUT2D eigenvalue weighted by atomic mass is 9.58. The first kappa shape index (κ1) is 30.0. The van der Waals surface area contributed by atoms with Crippen molar-refractivity contribution in [3.8, 4) is 0 Å². The van der Waals surface area contributed by atoms with Gasteiger partial charge < -0.3 is 11.1 Å². The summed E-state index contributed by atoms with van der Waals surface area (Å²) in [4.78, 5) is 12.6. The Balaban J connectivity index is 0.000000247. The molecule has 3 N–H and O–H groups in total. The van der Waals surface area contributed by atoms with Gasteiger partial charge in [0.25, 0.3) is 0 Å². The lowest BCUT2D eigenvalue weighted by Crippen LogP contribution is -2.39. The molecular formula is C32H34Cl4N2O. The maximum Gasteiger partial charge on any atom is 0.223 e. The topological polar surface area (TPSA) is 55.1 Å². The Bertz CT molecular complexity index is 1310. The molecule has 0 aromatic heterocycles. The molecule has 39 heavy (non-hydrogen) atoms. The summed E-state index contributed by atoms with van der Waals surface area (Å²) in [5, 5.41) is 5.98. The number of hydrogen-bond donors (Lipinski definition) is 2. The van der Waals surface area contributed by atoms with Crippen LogP contribution in [0.1, 0.15) is 55.7 Å². The minimum absolute atomic E-state index is 0.0398. The molecular weight excluding hydrogens is 570 g/mol. The van der Waals surface area contributed by atoms with Crippen LogP contribution in [0.2, 0.25) is 20.1 Å². The molecule has 3 aromatic rings. The molecule has 1 aliphatic carbocycles. The smallest absolute Gasteiger partial charge is 0.223 e. The third kappa shape index (κ3) is 7.20. The molecule has 1 amide bonds. The van der Waals surface area contributed by atoms with Crippen molar-refractivity contribution < 1.29 is 4.79 Å². The zero-order valence-corrected chi connectivity index (χ0v) is 25.3. The molecule has 5 rings (SSSR count). The Kier molecular flexibility index (Phi) is 10.1. The van der Waals surface area contributed by atoms with Gasteiger partial charge in [-0.1, -0.05) is 95.8 Å². The third-order valence-corrected chi connectivity index (χ3v) is 8.89. The van der Waals surface area contributed by atoms with Crippen LogP contribution in [0, 0.1) is 17.8 Å². The molecule has 2 aliphatic rings. The molecule has 3 aromatic carbocycles. The van der Waals surface area contributed by atoms with Gasteiger partial charge >= 0.3 is 0 Å². The van der Waals surface area contributed by atoms with E-state index in [1.165, 1.54) is 5.56 Å². The van der Waals surface area contributed by atoms with Crippen molar-refractivity contribution in [3.05, 3.63) is 110 Å². The van der Waals surface area contributed by atoms with Crippen molar-refractivity contribution in [2.75, 3.05) is 0 Å². The number of carbonyl (C=O) groups excluding carboxylic acids is 1. The SMILES string of the molecule is C[C@@H](N)/C=C\c1ccc(Cl)cc1.C[C@H]1C[C@H]2C(=O)N[C@H](C)[C@H]2[C@@H](c2ccc(Cl)cc2)[C@@H]1c1ccc(Cl)cc1Cl. The van der Waals surface area contributed by atoms with Gasteiger partial charge in [-0.05, 0) is 97.0 Å². The lowest BCUT2D eigenvalue weighted by Gasteiger charge is -2.45. The molecule has 1 saturated heterocycles. The van der Waals surface area contributed by atoms with Gasteiger partial charge in [-0.3, -0.25) is 4.79 Å². The lowest BCUT2D eigenvalue weighted by molar-refractivity contribution is -0.124. The number of carbonyl (C=O) groups is 1. The van der Waals surface area contributed by atoms with E-state index >= 15 is 0 Å².